The van der Waals surface area contributed by atoms with E-state index in [1.54, 1.807) is 0 Å². The first kappa shape index (κ1) is 12.9. The van der Waals surface area contributed by atoms with E-state index in [9.17, 15) is 0 Å². The van der Waals surface area contributed by atoms with E-state index in [2.05, 4.69) is 57.5 Å². The van der Waals surface area contributed by atoms with E-state index in [-0.39, 0.29) is 0 Å². The summed E-state index contributed by atoms with van der Waals surface area (Å²) in [6.07, 6.45) is 2.44. The number of hydrogen-bond donors (Lipinski definition) is 1. The summed E-state index contributed by atoms with van der Waals surface area (Å²) in [4.78, 5) is 0. The van der Waals surface area contributed by atoms with Gasteiger partial charge in [-0.2, -0.15) is 5.10 Å². The van der Waals surface area contributed by atoms with Crippen LogP contribution in [0.2, 0.25) is 0 Å². The van der Waals surface area contributed by atoms with Crippen LogP contribution in [0.5, 0.6) is 0 Å². The molecule has 3 rings (SSSR count). The average molecular weight is 320 g/mol. The van der Waals surface area contributed by atoms with E-state index >= 15 is 0 Å². The van der Waals surface area contributed by atoms with Crippen molar-refractivity contribution in [1.82, 2.24) is 15.1 Å². The fraction of sp³-hybridized carbons (Fsp3) is 0.400. The van der Waals surface area contributed by atoms with E-state index in [1.165, 1.54) is 29.7 Å². The maximum absolute atomic E-state index is 4.62. The first-order valence-electron chi connectivity index (χ1n) is 6.69. The molecule has 0 spiro atoms. The van der Waals surface area contributed by atoms with Crippen molar-refractivity contribution in [3.8, 4) is 11.1 Å². The molecule has 100 valence electrons. The van der Waals surface area contributed by atoms with Crippen LogP contribution < -0.4 is 5.32 Å². The summed E-state index contributed by atoms with van der Waals surface area (Å²) in [5.41, 5.74) is 4.96. The topological polar surface area (TPSA) is 29.9 Å². The molecule has 0 saturated carbocycles. The molecule has 3 nitrogen and oxygen atoms in total. The lowest BCUT2D eigenvalue weighted by Gasteiger charge is -2.14. The largest absolute Gasteiger partial charge is 0.309 e. The number of aromatic nitrogens is 2. The predicted octanol–water partition coefficient (Wildman–Crippen LogP) is 3.58. The first-order chi connectivity index (χ1) is 9.16. The highest BCUT2D eigenvalue weighted by Crippen LogP contribution is 2.34. The number of hydrogen-bond acceptors (Lipinski definition) is 2. The van der Waals surface area contributed by atoms with Gasteiger partial charge in [-0.1, -0.05) is 28.1 Å². The van der Waals surface area contributed by atoms with Crippen LogP contribution in [0.1, 0.15) is 30.3 Å². The van der Waals surface area contributed by atoms with Crippen molar-refractivity contribution in [2.45, 2.75) is 25.8 Å². The SMILES string of the molecule is Cc1nn(C)c(C2CCCN2)c1-c1ccc(Br)cc1. The summed E-state index contributed by atoms with van der Waals surface area (Å²) in [5, 5.41) is 8.20. The van der Waals surface area contributed by atoms with Crippen molar-refractivity contribution >= 4 is 15.9 Å². The summed E-state index contributed by atoms with van der Waals surface area (Å²) in [6.45, 7) is 3.20. The lowest BCUT2D eigenvalue weighted by Crippen LogP contribution is -2.17. The van der Waals surface area contributed by atoms with Crippen molar-refractivity contribution in [1.29, 1.82) is 0 Å². The van der Waals surface area contributed by atoms with E-state index in [4.69, 9.17) is 0 Å². The average Bonchev–Trinajstić information content (AvgIpc) is 2.98. The van der Waals surface area contributed by atoms with Crippen LogP contribution >= 0.6 is 15.9 Å². The second-order valence-electron chi connectivity index (χ2n) is 5.13. The Labute approximate surface area is 122 Å². The molecule has 2 heterocycles. The zero-order chi connectivity index (χ0) is 13.4. The van der Waals surface area contributed by atoms with Crippen LogP contribution in [-0.2, 0) is 7.05 Å². The van der Waals surface area contributed by atoms with Crippen molar-refractivity contribution in [3.05, 3.63) is 40.1 Å². The van der Waals surface area contributed by atoms with Gasteiger partial charge in [0.15, 0.2) is 0 Å². The molecule has 1 aromatic carbocycles. The Hall–Kier alpha value is -1.13. The van der Waals surface area contributed by atoms with Crippen LogP contribution in [0, 0.1) is 6.92 Å². The van der Waals surface area contributed by atoms with Crippen molar-refractivity contribution in [2.24, 2.45) is 7.05 Å². The van der Waals surface area contributed by atoms with Crippen LogP contribution in [0.15, 0.2) is 28.7 Å². The zero-order valence-corrected chi connectivity index (χ0v) is 12.9. The van der Waals surface area contributed by atoms with Gasteiger partial charge in [-0.05, 0) is 44.0 Å². The van der Waals surface area contributed by atoms with Crippen LogP contribution in [0.3, 0.4) is 0 Å². The number of nitrogens with one attached hydrogen (secondary N) is 1. The van der Waals surface area contributed by atoms with Gasteiger partial charge in [0.1, 0.15) is 0 Å². The van der Waals surface area contributed by atoms with Gasteiger partial charge < -0.3 is 5.32 Å². The molecule has 1 aromatic heterocycles. The molecule has 1 unspecified atom stereocenters. The molecule has 1 fully saturated rings. The lowest BCUT2D eigenvalue weighted by atomic mass is 9.99. The Bertz CT molecular complexity index is 580. The molecule has 0 radical (unpaired) electrons. The Morgan fingerprint density at radius 2 is 2.05 bits per heavy atom. The molecule has 0 aliphatic carbocycles. The van der Waals surface area contributed by atoms with E-state index in [0.717, 1.165) is 16.7 Å². The van der Waals surface area contributed by atoms with Gasteiger partial charge in [0.05, 0.1) is 11.4 Å². The molecule has 4 heteroatoms. The fourth-order valence-corrected chi connectivity index (χ4v) is 3.23. The van der Waals surface area contributed by atoms with Gasteiger partial charge in [0.2, 0.25) is 0 Å². The summed E-state index contributed by atoms with van der Waals surface area (Å²) in [6, 6.07) is 8.94. The van der Waals surface area contributed by atoms with Crippen molar-refractivity contribution < 1.29 is 0 Å². The Morgan fingerprint density at radius 3 is 2.68 bits per heavy atom. The first-order valence-corrected chi connectivity index (χ1v) is 7.49. The highest BCUT2D eigenvalue weighted by Gasteiger charge is 2.25. The van der Waals surface area contributed by atoms with Gasteiger partial charge in [0.25, 0.3) is 0 Å². The van der Waals surface area contributed by atoms with Gasteiger partial charge >= 0.3 is 0 Å². The van der Waals surface area contributed by atoms with Crippen molar-refractivity contribution in [2.75, 3.05) is 6.54 Å². The Morgan fingerprint density at radius 1 is 1.32 bits per heavy atom. The highest BCUT2D eigenvalue weighted by molar-refractivity contribution is 9.10. The van der Waals surface area contributed by atoms with Gasteiger partial charge in [-0.25, -0.2) is 0 Å². The fourth-order valence-electron chi connectivity index (χ4n) is 2.97. The second kappa shape index (κ2) is 5.10. The third kappa shape index (κ3) is 2.35. The maximum Gasteiger partial charge on any atom is 0.0675 e. The molecule has 19 heavy (non-hydrogen) atoms. The molecule has 1 N–H and O–H groups in total. The van der Waals surface area contributed by atoms with E-state index in [0.29, 0.717) is 6.04 Å². The van der Waals surface area contributed by atoms with Gasteiger partial charge in [-0.15, -0.1) is 0 Å². The molecule has 1 aliphatic heterocycles. The zero-order valence-electron chi connectivity index (χ0n) is 11.3. The van der Waals surface area contributed by atoms with Crippen molar-refractivity contribution in [3.63, 3.8) is 0 Å². The molecule has 0 bridgehead atoms. The molecule has 1 saturated heterocycles. The number of halogens is 1. The molecular weight excluding hydrogens is 302 g/mol. The predicted molar refractivity (Wildman–Crippen MR) is 81.1 cm³/mol. The van der Waals surface area contributed by atoms with Crippen LogP contribution in [0.25, 0.3) is 11.1 Å². The van der Waals surface area contributed by atoms with E-state index < -0.39 is 0 Å². The normalized spacial score (nSPS) is 19.0. The number of rotatable bonds is 2. The monoisotopic (exact) mass is 319 g/mol. The quantitative estimate of drug-likeness (QED) is 0.916. The van der Waals surface area contributed by atoms with Crippen LogP contribution in [-0.4, -0.2) is 16.3 Å². The minimum absolute atomic E-state index is 0.435. The minimum Gasteiger partial charge on any atom is -0.309 e. The van der Waals surface area contributed by atoms with E-state index in [1.807, 2.05) is 11.7 Å². The van der Waals surface area contributed by atoms with Gasteiger partial charge in [-0.3, -0.25) is 4.68 Å². The summed E-state index contributed by atoms with van der Waals surface area (Å²) >= 11 is 3.49. The molecule has 2 aromatic rings. The number of nitrogens with zero attached hydrogens (tertiary/aromatic N) is 2. The maximum atomic E-state index is 4.62. The standard InChI is InChI=1S/C15H18BrN3/c1-10-14(11-5-7-12(16)8-6-11)15(19(2)18-10)13-4-3-9-17-13/h5-8,13,17H,3-4,9H2,1-2H3. The van der Waals surface area contributed by atoms with Crippen LogP contribution in [0.4, 0.5) is 0 Å². The second-order valence-corrected chi connectivity index (χ2v) is 6.04. The Balaban J connectivity index is 2.11. The third-order valence-electron chi connectivity index (χ3n) is 3.79. The lowest BCUT2D eigenvalue weighted by molar-refractivity contribution is 0.574. The third-order valence-corrected chi connectivity index (χ3v) is 4.32. The molecule has 0 amide bonds. The Kier molecular flexibility index (Phi) is 3.46. The molecular formula is C15H18BrN3. The summed E-state index contributed by atoms with van der Waals surface area (Å²) < 4.78 is 3.15. The minimum atomic E-state index is 0.435. The molecule has 1 aliphatic rings. The van der Waals surface area contributed by atoms with Gasteiger partial charge in [0, 0.05) is 23.1 Å². The summed E-state index contributed by atoms with van der Waals surface area (Å²) in [7, 11) is 2.05. The number of aryl methyl sites for hydroxylation is 2. The molecule has 1 atom stereocenters. The highest BCUT2D eigenvalue weighted by atomic mass is 79.9. The number of benzene rings is 1. The summed E-state index contributed by atoms with van der Waals surface area (Å²) in [5.74, 6) is 0. The smallest absolute Gasteiger partial charge is 0.0675 e.